The number of alkyl halides is 1. The largest absolute Gasteiger partial charge is 0.493 e. The van der Waals surface area contributed by atoms with Crippen molar-refractivity contribution in [3.05, 3.63) is 106 Å². The summed E-state index contributed by atoms with van der Waals surface area (Å²) in [6, 6.07) is 18.2. The molecular weight excluding hydrogens is 626 g/mol. The second kappa shape index (κ2) is 17.3. The third-order valence-corrected chi connectivity index (χ3v) is 9.08. The molecule has 0 fully saturated rings. The zero-order valence-electron chi connectivity index (χ0n) is 28.1. The summed E-state index contributed by atoms with van der Waals surface area (Å²) in [6.45, 7) is 8.60. The fourth-order valence-corrected chi connectivity index (χ4v) is 6.04. The molecule has 3 aromatic carbocycles. The predicted molar refractivity (Wildman–Crippen MR) is 190 cm³/mol. The third-order valence-electron chi connectivity index (χ3n) is 8.81. The quantitative estimate of drug-likeness (QED) is 0.128. The minimum Gasteiger partial charge on any atom is -0.493 e. The number of nitrogens with one attached hydrogen (secondary N) is 2. The minimum atomic E-state index is -0.155. The molecule has 9 heteroatoms. The molecule has 254 valence electrons. The first-order valence-corrected chi connectivity index (χ1v) is 17.2. The summed E-state index contributed by atoms with van der Waals surface area (Å²) in [4.78, 5) is 17.0. The Kier molecular flexibility index (Phi) is 12.7. The Labute approximate surface area is 288 Å². The molecule has 8 nitrogen and oxygen atoms in total. The molecule has 0 radical (unpaired) electrons. The van der Waals surface area contributed by atoms with E-state index in [1.165, 1.54) is 0 Å². The van der Waals surface area contributed by atoms with Crippen LogP contribution >= 0.6 is 11.6 Å². The molecule has 4 aromatic rings. The average molecular weight is 672 g/mol. The van der Waals surface area contributed by atoms with Crippen LogP contribution in [0.3, 0.4) is 0 Å². The van der Waals surface area contributed by atoms with Crippen LogP contribution in [0, 0.1) is 20.8 Å². The Morgan fingerprint density at radius 2 is 1.79 bits per heavy atom. The highest BCUT2D eigenvalue weighted by Gasteiger charge is 2.17. The van der Waals surface area contributed by atoms with Gasteiger partial charge in [0.15, 0.2) is 0 Å². The summed E-state index contributed by atoms with van der Waals surface area (Å²) < 4.78 is 18.9. The first-order valence-electron chi connectivity index (χ1n) is 16.7. The molecule has 0 aliphatic carbocycles. The lowest BCUT2D eigenvalue weighted by Crippen LogP contribution is -2.32. The average Bonchev–Trinajstić information content (AvgIpc) is 3.09. The van der Waals surface area contributed by atoms with E-state index in [0.717, 1.165) is 81.7 Å². The van der Waals surface area contributed by atoms with Gasteiger partial charge in [-0.05, 0) is 91.6 Å². The summed E-state index contributed by atoms with van der Waals surface area (Å²) in [5.41, 5.74) is 8.85. The fraction of sp³-hybridized carbons (Fsp3) is 0.385. The van der Waals surface area contributed by atoms with Crippen LogP contribution in [-0.2, 0) is 19.8 Å². The van der Waals surface area contributed by atoms with Gasteiger partial charge in [0.1, 0.15) is 30.5 Å². The van der Waals surface area contributed by atoms with Crippen LogP contribution in [0.2, 0.25) is 0 Å². The third kappa shape index (κ3) is 9.07. The van der Waals surface area contributed by atoms with Gasteiger partial charge in [-0.3, -0.25) is 9.78 Å². The lowest BCUT2D eigenvalue weighted by molar-refractivity contribution is 0.0952. The first kappa shape index (κ1) is 35.2. The number of aromatic nitrogens is 1. The zero-order valence-corrected chi connectivity index (χ0v) is 28.9. The van der Waals surface area contributed by atoms with E-state index in [0.29, 0.717) is 43.5 Å². The number of nitrogens with zero attached hydrogens (tertiary/aromatic N) is 1. The molecule has 0 spiro atoms. The standard InChI is InChI=1S/C39H46ClN3O5/c1-26-17-31-22-43-33(23-44)10-4-5-15-42-39(45)32-18-29(20-41-21-32)24-47-38(31)19-37(26)48-25-30-9-6-11-34(27(30)2)35-12-7-13-36(28(35)3)46-16-8-14-40/h6-7,9,11-13,17-21,33,43-44H,4-5,8,10,14-16,22-25H2,1-3H3,(H,42,45)/t33-/m0/s1. The summed E-state index contributed by atoms with van der Waals surface area (Å²) in [5, 5.41) is 16.5. The van der Waals surface area contributed by atoms with Crippen LogP contribution in [-0.4, -0.2) is 47.7 Å². The van der Waals surface area contributed by atoms with E-state index in [1.54, 1.807) is 12.4 Å². The summed E-state index contributed by atoms with van der Waals surface area (Å²) in [7, 11) is 0. The van der Waals surface area contributed by atoms with Gasteiger partial charge in [-0.1, -0.05) is 36.8 Å². The molecular formula is C39H46ClN3O5. The number of aryl methyl sites for hydroxylation is 1. The van der Waals surface area contributed by atoms with Crippen LogP contribution in [0.15, 0.2) is 67.0 Å². The van der Waals surface area contributed by atoms with Gasteiger partial charge in [-0.15, -0.1) is 11.6 Å². The second-order valence-electron chi connectivity index (χ2n) is 12.3. The van der Waals surface area contributed by atoms with Gasteiger partial charge < -0.3 is 30.0 Å². The van der Waals surface area contributed by atoms with Crippen molar-refractivity contribution in [2.75, 3.05) is 25.6 Å². The molecule has 0 saturated heterocycles. The smallest absolute Gasteiger partial charge is 0.252 e. The Bertz CT molecular complexity index is 1690. The van der Waals surface area contributed by atoms with Crippen molar-refractivity contribution in [3.63, 3.8) is 0 Å². The molecule has 5 rings (SSSR count). The fourth-order valence-electron chi connectivity index (χ4n) is 5.93. The van der Waals surface area contributed by atoms with Crippen LogP contribution in [0.1, 0.15) is 69.4 Å². The molecule has 2 heterocycles. The van der Waals surface area contributed by atoms with E-state index in [9.17, 15) is 9.90 Å². The van der Waals surface area contributed by atoms with Crippen LogP contribution in [0.25, 0.3) is 11.1 Å². The molecule has 1 aliphatic heterocycles. The van der Waals surface area contributed by atoms with Crippen LogP contribution in [0.5, 0.6) is 17.2 Å². The molecule has 1 aromatic heterocycles. The lowest BCUT2D eigenvalue weighted by atomic mass is 9.93. The highest BCUT2D eigenvalue weighted by Crippen LogP contribution is 2.35. The Morgan fingerprint density at radius 1 is 0.979 bits per heavy atom. The van der Waals surface area contributed by atoms with Crippen molar-refractivity contribution in [2.24, 2.45) is 0 Å². The van der Waals surface area contributed by atoms with Crippen LogP contribution in [0.4, 0.5) is 0 Å². The van der Waals surface area contributed by atoms with Gasteiger partial charge in [0, 0.05) is 54.6 Å². The maximum atomic E-state index is 12.7. The normalized spacial score (nSPS) is 15.6. The number of fused-ring (bicyclic) bond motifs is 3. The van der Waals surface area contributed by atoms with E-state index in [1.807, 2.05) is 31.2 Å². The number of hydrogen-bond acceptors (Lipinski definition) is 7. The monoisotopic (exact) mass is 671 g/mol. The van der Waals surface area contributed by atoms with Crippen molar-refractivity contribution in [3.8, 4) is 28.4 Å². The Hall–Kier alpha value is -4.11. The number of halogens is 1. The summed E-state index contributed by atoms with van der Waals surface area (Å²) >= 11 is 5.85. The molecule has 0 saturated carbocycles. The molecule has 1 amide bonds. The number of amides is 1. The number of pyridine rings is 1. The summed E-state index contributed by atoms with van der Waals surface area (Å²) in [6.07, 6.45) is 6.58. The van der Waals surface area contributed by atoms with Gasteiger partial charge in [-0.25, -0.2) is 0 Å². The zero-order chi connectivity index (χ0) is 33.9. The number of carbonyl (C=O) groups is 1. The van der Waals surface area contributed by atoms with E-state index in [-0.39, 0.29) is 25.2 Å². The number of benzene rings is 3. The number of hydrogen-bond donors (Lipinski definition) is 3. The van der Waals surface area contributed by atoms with Gasteiger partial charge in [0.05, 0.1) is 18.8 Å². The number of aliphatic hydroxyl groups excluding tert-OH is 1. The SMILES string of the molecule is Cc1cc2c(cc1OCc1cccc(-c3cccc(OCCCCl)c3C)c1C)OCc1cncc(c1)C(=O)NCCCC[C@@H](CO)NC2. The molecule has 3 N–H and O–H groups in total. The molecule has 2 bridgehead atoms. The number of aliphatic hydroxyl groups is 1. The maximum absolute atomic E-state index is 12.7. The van der Waals surface area contributed by atoms with Crippen molar-refractivity contribution < 1.29 is 24.1 Å². The van der Waals surface area contributed by atoms with E-state index < -0.39 is 0 Å². The minimum absolute atomic E-state index is 0.0300. The summed E-state index contributed by atoms with van der Waals surface area (Å²) in [5.74, 6) is 2.69. The number of carbonyl (C=O) groups excluding carboxylic acids is 1. The molecule has 48 heavy (non-hydrogen) atoms. The second-order valence-corrected chi connectivity index (χ2v) is 12.7. The molecule has 0 unspecified atom stereocenters. The predicted octanol–water partition coefficient (Wildman–Crippen LogP) is 7.20. The lowest BCUT2D eigenvalue weighted by Gasteiger charge is -2.21. The van der Waals surface area contributed by atoms with Gasteiger partial charge >= 0.3 is 0 Å². The molecule has 1 atom stereocenters. The Morgan fingerprint density at radius 3 is 2.60 bits per heavy atom. The van der Waals surface area contributed by atoms with E-state index >= 15 is 0 Å². The Balaban J connectivity index is 1.38. The van der Waals surface area contributed by atoms with Gasteiger partial charge in [0.25, 0.3) is 5.91 Å². The highest BCUT2D eigenvalue weighted by molar-refractivity contribution is 6.17. The number of rotatable bonds is 9. The van der Waals surface area contributed by atoms with E-state index in [2.05, 4.69) is 59.8 Å². The highest BCUT2D eigenvalue weighted by atomic mass is 35.5. The van der Waals surface area contributed by atoms with Gasteiger partial charge in [0.2, 0.25) is 0 Å². The van der Waals surface area contributed by atoms with E-state index in [4.69, 9.17) is 25.8 Å². The van der Waals surface area contributed by atoms with Crippen molar-refractivity contribution in [1.82, 2.24) is 15.6 Å². The topological polar surface area (TPSA) is 102 Å². The van der Waals surface area contributed by atoms with Crippen molar-refractivity contribution in [1.29, 1.82) is 0 Å². The van der Waals surface area contributed by atoms with Gasteiger partial charge in [-0.2, -0.15) is 0 Å². The van der Waals surface area contributed by atoms with Crippen molar-refractivity contribution >= 4 is 17.5 Å². The maximum Gasteiger partial charge on any atom is 0.252 e. The number of ether oxygens (including phenoxy) is 3. The van der Waals surface area contributed by atoms with Crippen LogP contribution < -0.4 is 24.8 Å². The van der Waals surface area contributed by atoms with Crippen molar-refractivity contribution in [2.45, 2.75) is 72.3 Å². The first-order chi connectivity index (χ1) is 23.4. The molecule has 1 aliphatic rings.